The van der Waals surface area contributed by atoms with E-state index in [0.717, 1.165) is 7.11 Å². The molecule has 0 saturated heterocycles. The lowest BCUT2D eigenvalue weighted by molar-refractivity contribution is 0.0589. The number of esters is 1. The highest BCUT2D eigenvalue weighted by atomic mass is 32.2. The third-order valence-corrected chi connectivity index (χ3v) is 7.25. The molecule has 1 unspecified atom stereocenters. The van der Waals surface area contributed by atoms with Gasteiger partial charge in [-0.05, 0) is 25.0 Å². The third kappa shape index (κ3) is 4.73. The van der Waals surface area contributed by atoms with E-state index in [1.165, 1.54) is 6.92 Å². The van der Waals surface area contributed by atoms with Gasteiger partial charge in [-0.25, -0.2) is 30.4 Å². The summed E-state index contributed by atoms with van der Waals surface area (Å²) in [6.45, 7) is 3.06. The highest BCUT2D eigenvalue weighted by molar-refractivity contribution is 7.94. The number of carbonyl (C=O) groups is 1. The number of nitrogens with one attached hydrogen (secondary N) is 1. The number of carbonyl (C=O) groups excluding carboxylic acids is 1. The predicted molar refractivity (Wildman–Crippen MR) is 86.2 cm³/mol. The molecule has 0 saturated carbocycles. The second kappa shape index (κ2) is 8.19. The van der Waals surface area contributed by atoms with Crippen molar-refractivity contribution in [3.05, 3.63) is 29.3 Å². The van der Waals surface area contributed by atoms with E-state index in [2.05, 4.69) is 4.74 Å². The van der Waals surface area contributed by atoms with E-state index < -0.39 is 53.3 Å². The maximum absolute atomic E-state index is 14.4. The SMILES string of the molecule is CCCS(=O)(=O)C(CC)NS(=O)(=O)c1ccc(F)c(C(=O)OC)c1F. The number of sulfone groups is 1. The van der Waals surface area contributed by atoms with Crippen molar-refractivity contribution in [2.24, 2.45) is 0 Å². The number of benzene rings is 1. The lowest BCUT2D eigenvalue weighted by Crippen LogP contribution is -2.41. The zero-order chi connectivity index (χ0) is 19.4. The van der Waals surface area contributed by atoms with E-state index >= 15 is 0 Å². The van der Waals surface area contributed by atoms with E-state index in [1.54, 1.807) is 6.92 Å². The van der Waals surface area contributed by atoms with Crippen LogP contribution in [0.4, 0.5) is 8.78 Å². The van der Waals surface area contributed by atoms with E-state index in [1.807, 2.05) is 4.72 Å². The first-order valence-electron chi connectivity index (χ1n) is 7.32. The molecule has 25 heavy (non-hydrogen) atoms. The third-order valence-electron chi connectivity index (χ3n) is 3.31. The molecule has 7 nitrogen and oxygen atoms in total. The van der Waals surface area contributed by atoms with Gasteiger partial charge in [-0.2, -0.15) is 4.72 Å². The second-order valence-electron chi connectivity index (χ2n) is 5.11. The lowest BCUT2D eigenvalue weighted by atomic mass is 10.2. The molecule has 0 heterocycles. The van der Waals surface area contributed by atoms with Crippen LogP contribution in [-0.4, -0.2) is 41.0 Å². The molecule has 11 heteroatoms. The number of ether oxygens (including phenoxy) is 1. The maximum atomic E-state index is 14.4. The van der Waals surface area contributed by atoms with Gasteiger partial charge in [0.25, 0.3) is 0 Å². The summed E-state index contributed by atoms with van der Waals surface area (Å²) in [5.41, 5.74) is -1.17. The molecule has 1 N–H and O–H groups in total. The highest BCUT2D eigenvalue weighted by Gasteiger charge is 2.32. The Morgan fingerprint density at radius 1 is 1.20 bits per heavy atom. The molecule has 1 aromatic carbocycles. The smallest absolute Gasteiger partial charge is 0.343 e. The Balaban J connectivity index is 3.38. The summed E-state index contributed by atoms with van der Waals surface area (Å²) >= 11 is 0. The summed E-state index contributed by atoms with van der Waals surface area (Å²) in [5.74, 6) is -4.60. The minimum atomic E-state index is -4.66. The van der Waals surface area contributed by atoms with Crippen LogP contribution in [0.15, 0.2) is 17.0 Å². The van der Waals surface area contributed by atoms with Crippen LogP contribution in [0, 0.1) is 11.6 Å². The van der Waals surface area contributed by atoms with Gasteiger partial charge in [-0.15, -0.1) is 0 Å². The lowest BCUT2D eigenvalue weighted by Gasteiger charge is -2.18. The van der Waals surface area contributed by atoms with E-state index in [-0.39, 0.29) is 18.6 Å². The molecule has 0 radical (unpaired) electrons. The largest absolute Gasteiger partial charge is 0.465 e. The topological polar surface area (TPSA) is 107 Å². The summed E-state index contributed by atoms with van der Waals surface area (Å²) in [6.07, 6.45) is 0.187. The molecule has 0 amide bonds. The Hall–Kier alpha value is -1.59. The van der Waals surface area contributed by atoms with Crippen LogP contribution in [0.5, 0.6) is 0 Å². The van der Waals surface area contributed by atoms with Gasteiger partial charge >= 0.3 is 5.97 Å². The summed E-state index contributed by atoms with van der Waals surface area (Å²) < 4.78 is 83.0. The van der Waals surface area contributed by atoms with Crippen molar-refractivity contribution in [2.45, 2.75) is 37.0 Å². The van der Waals surface area contributed by atoms with E-state index in [0.29, 0.717) is 12.1 Å². The normalized spacial score (nSPS) is 13.5. The van der Waals surface area contributed by atoms with Crippen molar-refractivity contribution in [1.29, 1.82) is 0 Å². The van der Waals surface area contributed by atoms with Crippen molar-refractivity contribution in [3.63, 3.8) is 0 Å². The van der Waals surface area contributed by atoms with Gasteiger partial charge in [0.15, 0.2) is 15.7 Å². The molecular formula is C14H19F2NO6S2. The van der Waals surface area contributed by atoms with Crippen molar-refractivity contribution >= 4 is 25.8 Å². The molecule has 0 bridgehead atoms. The molecule has 0 aromatic heterocycles. The van der Waals surface area contributed by atoms with Gasteiger partial charge in [0, 0.05) is 0 Å². The number of hydrogen-bond acceptors (Lipinski definition) is 6. The van der Waals surface area contributed by atoms with Gasteiger partial charge in [0.05, 0.1) is 12.9 Å². The first-order chi connectivity index (χ1) is 11.5. The maximum Gasteiger partial charge on any atom is 0.343 e. The molecule has 1 aromatic rings. The molecule has 1 rings (SSSR count). The van der Waals surface area contributed by atoms with Crippen LogP contribution in [0.1, 0.15) is 37.0 Å². The monoisotopic (exact) mass is 399 g/mol. The minimum absolute atomic E-state index is 0.0891. The number of rotatable bonds is 8. The number of methoxy groups -OCH3 is 1. The van der Waals surface area contributed by atoms with Gasteiger partial charge in [0.2, 0.25) is 10.0 Å². The second-order valence-corrected chi connectivity index (χ2v) is 9.10. The van der Waals surface area contributed by atoms with Crippen LogP contribution < -0.4 is 4.72 Å². The Morgan fingerprint density at radius 3 is 2.28 bits per heavy atom. The zero-order valence-corrected chi connectivity index (χ0v) is 15.5. The molecule has 0 aliphatic carbocycles. The fraction of sp³-hybridized carbons (Fsp3) is 0.500. The van der Waals surface area contributed by atoms with Crippen molar-refractivity contribution in [3.8, 4) is 0 Å². The average Bonchev–Trinajstić information content (AvgIpc) is 2.51. The van der Waals surface area contributed by atoms with Gasteiger partial charge < -0.3 is 4.74 Å². The number of sulfonamides is 1. The predicted octanol–water partition coefficient (Wildman–Crippen LogP) is 1.59. The molecule has 0 aliphatic heterocycles. The number of hydrogen-bond donors (Lipinski definition) is 1. The Kier molecular flexibility index (Phi) is 7.03. The Bertz CT molecular complexity index is 852. The molecular weight excluding hydrogens is 380 g/mol. The van der Waals surface area contributed by atoms with Gasteiger partial charge in [-0.3, -0.25) is 0 Å². The van der Waals surface area contributed by atoms with Crippen LogP contribution in [0.2, 0.25) is 0 Å². The molecule has 142 valence electrons. The summed E-state index contributed by atoms with van der Waals surface area (Å²) in [5, 5.41) is -1.47. The van der Waals surface area contributed by atoms with Crippen molar-refractivity contribution in [1.82, 2.24) is 4.72 Å². The van der Waals surface area contributed by atoms with Crippen molar-refractivity contribution in [2.75, 3.05) is 12.9 Å². The summed E-state index contributed by atoms with van der Waals surface area (Å²) in [6, 6.07) is 1.20. The number of halogens is 2. The average molecular weight is 399 g/mol. The summed E-state index contributed by atoms with van der Waals surface area (Å²) in [4.78, 5) is 10.4. The van der Waals surface area contributed by atoms with Crippen LogP contribution in [0.25, 0.3) is 0 Å². The Labute approximate surface area is 145 Å². The quantitative estimate of drug-likeness (QED) is 0.666. The molecule has 0 fully saturated rings. The zero-order valence-electron chi connectivity index (χ0n) is 13.9. The Morgan fingerprint density at radius 2 is 1.80 bits per heavy atom. The van der Waals surface area contributed by atoms with Gasteiger partial charge in [0.1, 0.15) is 21.7 Å². The molecule has 0 spiro atoms. The van der Waals surface area contributed by atoms with Crippen LogP contribution in [0.3, 0.4) is 0 Å². The van der Waals surface area contributed by atoms with Crippen LogP contribution in [-0.2, 0) is 24.6 Å². The molecule has 0 aliphatic rings. The van der Waals surface area contributed by atoms with Crippen LogP contribution >= 0.6 is 0 Å². The first kappa shape index (κ1) is 21.5. The summed E-state index contributed by atoms with van der Waals surface area (Å²) in [7, 11) is -7.58. The fourth-order valence-electron chi connectivity index (χ4n) is 2.10. The first-order valence-corrected chi connectivity index (χ1v) is 10.5. The van der Waals surface area contributed by atoms with Crippen molar-refractivity contribution < 1.29 is 35.1 Å². The standard InChI is InChI=1S/C14H19F2NO6S2/c1-4-8-24(19,20)11(5-2)17-25(21,22)10-7-6-9(15)12(13(10)16)14(18)23-3/h6-7,11,17H,4-5,8H2,1-3H3. The highest BCUT2D eigenvalue weighted by Crippen LogP contribution is 2.23. The minimum Gasteiger partial charge on any atom is -0.465 e. The van der Waals surface area contributed by atoms with E-state index in [9.17, 15) is 30.4 Å². The fourth-order valence-corrected chi connectivity index (χ4v) is 5.66. The molecule has 1 atom stereocenters. The van der Waals surface area contributed by atoms with E-state index in [4.69, 9.17) is 0 Å². The van der Waals surface area contributed by atoms with Gasteiger partial charge in [-0.1, -0.05) is 13.8 Å².